The summed E-state index contributed by atoms with van der Waals surface area (Å²) in [5.41, 5.74) is 6.02. The van der Waals surface area contributed by atoms with E-state index in [9.17, 15) is 13.2 Å². The van der Waals surface area contributed by atoms with Gasteiger partial charge in [0.2, 0.25) is 0 Å². The van der Waals surface area contributed by atoms with Gasteiger partial charge in [0, 0.05) is 11.9 Å². The average molecular weight is 255 g/mol. The first-order valence-electron chi connectivity index (χ1n) is 5.35. The number of rotatable bonds is 2. The maximum absolute atomic E-state index is 12.6. The Morgan fingerprint density at radius 3 is 2.78 bits per heavy atom. The third kappa shape index (κ3) is 2.53. The molecule has 1 heterocycles. The lowest BCUT2D eigenvalue weighted by molar-refractivity contribution is -0.137. The number of alkyl halides is 3. The van der Waals surface area contributed by atoms with E-state index in [1.807, 2.05) is 0 Å². The molecule has 3 nitrogen and oxygen atoms in total. The van der Waals surface area contributed by atoms with Gasteiger partial charge < -0.3 is 10.6 Å². The predicted molar refractivity (Wildman–Crippen MR) is 63.7 cm³/mol. The largest absolute Gasteiger partial charge is 0.416 e. The fourth-order valence-corrected chi connectivity index (χ4v) is 1.74. The predicted octanol–water partition coefficient (Wildman–Crippen LogP) is 2.31. The molecular weight excluding hydrogens is 243 g/mol. The van der Waals surface area contributed by atoms with Gasteiger partial charge in [-0.15, -0.1) is 0 Å². The van der Waals surface area contributed by atoms with Gasteiger partial charge in [-0.2, -0.15) is 13.2 Å². The molecule has 0 saturated carbocycles. The fourth-order valence-electron chi connectivity index (χ4n) is 1.74. The molecule has 0 fully saturated rings. The molecule has 1 aliphatic rings. The third-order valence-corrected chi connectivity index (χ3v) is 2.64. The monoisotopic (exact) mass is 255 g/mol. The summed E-state index contributed by atoms with van der Waals surface area (Å²) in [6.45, 7) is 0.567. The Labute approximate surface area is 102 Å². The van der Waals surface area contributed by atoms with E-state index in [1.54, 1.807) is 23.3 Å². The second kappa shape index (κ2) is 4.81. The van der Waals surface area contributed by atoms with Gasteiger partial charge in [0.05, 0.1) is 12.2 Å². The van der Waals surface area contributed by atoms with E-state index in [-0.39, 0.29) is 6.67 Å². The lowest BCUT2D eigenvalue weighted by Gasteiger charge is -2.26. The zero-order valence-electron chi connectivity index (χ0n) is 9.48. The van der Waals surface area contributed by atoms with Crippen LogP contribution in [0, 0.1) is 0 Å². The Morgan fingerprint density at radius 1 is 1.33 bits per heavy atom. The zero-order chi connectivity index (χ0) is 13.2. The zero-order valence-corrected chi connectivity index (χ0v) is 9.48. The van der Waals surface area contributed by atoms with Crippen molar-refractivity contribution in [2.75, 3.05) is 13.3 Å². The highest BCUT2D eigenvalue weighted by molar-refractivity contribution is 5.85. The molecule has 0 amide bonds. The lowest BCUT2D eigenvalue weighted by Crippen LogP contribution is -2.30. The summed E-state index contributed by atoms with van der Waals surface area (Å²) in [6.07, 6.45) is -1.11. The van der Waals surface area contributed by atoms with E-state index in [0.717, 1.165) is 12.1 Å². The topological polar surface area (TPSA) is 41.6 Å². The van der Waals surface area contributed by atoms with Crippen molar-refractivity contribution in [1.82, 2.24) is 4.90 Å². The molecule has 1 aromatic rings. The first-order chi connectivity index (χ1) is 8.52. The first-order valence-corrected chi connectivity index (χ1v) is 5.35. The minimum atomic E-state index is -4.34. The molecule has 6 heteroatoms. The van der Waals surface area contributed by atoms with Crippen LogP contribution in [0.2, 0.25) is 0 Å². The summed E-state index contributed by atoms with van der Waals surface area (Å²) in [4.78, 5) is 5.70. The van der Waals surface area contributed by atoms with E-state index in [2.05, 4.69) is 4.99 Å². The second-order valence-corrected chi connectivity index (χ2v) is 3.83. The lowest BCUT2D eigenvalue weighted by atomic mass is 10.1. The van der Waals surface area contributed by atoms with E-state index < -0.39 is 11.7 Å². The van der Waals surface area contributed by atoms with Crippen molar-refractivity contribution in [2.45, 2.75) is 6.18 Å². The molecule has 0 saturated heterocycles. The number of hydrogen-bond acceptors (Lipinski definition) is 3. The standard InChI is InChI=1S/C12H12F3N3/c13-12(14,15)10-3-1-2-9(6-10)11-4-5-17-8-18(11)7-16/h1-6H,7-8,16H2. The number of hydrogen-bond donors (Lipinski definition) is 1. The van der Waals surface area contributed by atoms with Crippen LogP contribution in [0.5, 0.6) is 0 Å². The molecule has 1 aliphatic heterocycles. The van der Waals surface area contributed by atoms with E-state index in [1.165, 1.54) is 6.07 Å². The fraction of sp³-hybridized carbons (Fsp3) is 0.250. The van der Waals surface area contributed by atoms with Crippen LogP contribution in [0.15, 0.2) is 35.3 Å². The number of nitrogens with zero attached hydrogens (tertiary/aromatic N) is 2. The summed E-state index contributed by atoms with van der Waals surface area (Å²) >= 11 is 0. The summed E-state index contributed by atoms with van der Waals surface area (Å²) in [6, 6.07) is 5.18. The van der Waals surface area contributed by atoms with Crippen molar-refractivity contribution in [3.63, 3.8) is 0 Å². The molecule has 0 atom stereocenters. The molecule has 18 heavy (non-hydrogen) atoms. The number of aliphatic imine (C=N–C) groups is 1. The maximum Gasteiger partial charge on any atom is 0.416 e. The van der Waals surface area contributed by atoms with Crippen LogP contribution >= 0.6 is 0 Å². The van der Waals surface area contributed by atoms with Gasteiger partial charge in [0.25, 0.3) is 0 Å². The van der Waals surface area contributed by atoms with Gasteiger partial charge in [0.1, 0.15) is 6.67 Å². The highest BCUT2D eigenvalue weighted by atomic mass is 19.4. The molecule has 2 rings (SSSR count). The van der Waals surface area contributed by atoms with Gasteiger partial charge in [-0.05, 0) is 23.8 Å². The van der Waals surface area contributed by atoms with E-state index >= 15 is 0 Å². The molecule has 0 bridgehead atoms. The van der Waals surface area contributed by atoms with Crippen molar-refractivity contribution in [2.24, 2.45) is 10.7 Å². The van der Waals surface area contributed by atoms with Crippen molar-refractivity contribution in [3.8, 4) is 0 Å². The molecule has 0 unspecified atom stereocenters. The Hall–Kier alpha value is -1.82. The number of halogens is 3. The number of nitrogens with two attached hydrogens (primary N) is 1. The molecule has 2 N–H and O–H groups in total. The SMILES string of the molecule is NCN1CN=CC=C1c1cccc(C(F)(F)F)c1. The molecule has 0 aromatic heterocycles. The van der Waals surface area contributed by atoms with Gasteiger partial charge in [-0.25, -0.2) is 0 Å². The van der Waals surface area contributed by atoms with Crippen LogP contribution in [0.25, 0.3) is 5.70 Å². The Kier molecular flexibility index (Phi) is 3.38. The van der Waals surface area contributed by atoms with Crippen LogP contribution in [-0.4, -0.2) is 24.5 Å². The minimum Gasteiger partial charge on any atom is -0.339 e. The van der Waals surface area contributed by atoms with Crippen LogP contribution in [0.3, 0.4) is 0 Å². The number of allylic oxidation sites excluding steroid dienone is 1. The quantitative estimate of drug-likeness (QED) is 0.881. The van der Waals surface area contributed by atoms with E-state index in [0.29, 0.717) is 17.9 Å². The summed E-state index contributed by atoms with van der Waals surface area (Å²) in [7, 11) is 0. The number of benzene rings is 1. The highest BCUT2D eigenvalue weighted by Gasteiger charge is 2.30. The minimum absolute atomic E-state index is 0.208. The molecule has 0 aliphatic carbocycles. The van der Waals surface area contributed by atoms with Crippen LogP contribution in [0.1, 0.15) is 11.1 Å². The van der Waals surface area contributed by atoms with Gasteiger partial charge in [-0.3, -0.25) is 4.99 Å². The van der Waals surface area contributed by atoms with Crippen molar-refractivity contribution in [1.29, 1.82) is 0 Å². The summed E-state index contributed by atoms with van der Waals surface area (Å²) in [5, 5.41) is 0. The van der Waals surface area contributed by atoms with Crippen LogP contribution in [-0.2, 0) is 6.18 Å². The normalized spacial score (nSPS) is 15.8. The van der Waals surface area contributed by atoms with Crippen molar-refractivity contribution < 1.29 is 13.2 Å². The maximum atomic E-state index is 12.6. The second-order valence-electron chi connectivity index (χ2n) is 3.83. The van der Waals surface area contributed by atoms with Crippen molar-refractivity contribution >= 4 is 11.9 Å². The van der Waals surface area contributed by atoms with Crippen molar-refractivity contribution in [3.05, 3.63) is 41.5 Å². The van der Waals surface area contributed by atoms with Crippen LogP contribution < -0.4 is 5.73 Å². The van der Waals surface area contributed by atoms with Gasteiger partial charge >= 0.3 is 6.18 Å². The average Bonchev–Trinajstić information content (AvgIpc) is 2.38. The Bertz CT molecular complexity index is 492. The van der Waals surface area contributed by atoms with Gasteiger partial charge in [0.15, 0.2) is 0 Å². The summed E-state index contributed by atoms with van der Waals surface area (Å²) in [5.74, 6) is 0. The molecule has 0 radical (unpaired) electrons. The molecular formula is C12H12F3N3. The Morgan fingerprint density at radius 2 is 2.11 bits per heavy atom. The third-order valence-electron chi connectivity index (χ3n) is 2.64. The van der Waals surface area contributed by atoms with Crippen LogP contribution in [0.4, 0.5) is 13.2 Å². The molecule has 0 spiro atoms. The van der Waals surface area contributed by atoms with Gasteiger partial charge in [-0.1, -0.05) is 12.1 Å². The highest BCUT2D eigenvalue weighted by Crippen LogP contribution is 2.31. The Balaban J connectivity index is 2.39. The summed E-state index contributed by atoms with van der Waals surface area (Å²) < 4.78 is 37.9. The first kappa shape index (κ1) is 12.6. The van der Waals surface area contributed by atoms with E-state index in [4.69, 9.17) is 5.73 Å². The molecule has 96 valence electrons. The molecule has 1 aromatic carbocycles. The smallest absolute Gasteiger partial charge is 0.339 e.